The third-order valence-electron chi connectivity index (χ3n) is 3.78. The molecule has 0 aliphatic heterocycles. The fraction of sp³-hybridized carbons (Fsp3) is 0.150. The van der Waals surface area contributed by atoms with Gasteiger partial charge < -0.3 is 10.8 Å². The molecule has 0 aliphatic carbocycles. The van der Waals surface area contributed by atoms with E-state index in [0.717, 1.165) is 11.4 Å². The number of nitrogens with two attached hydrogens (primary N) is 1. The van der Waals surface area contributed by atoms with Gasteiger partial charge in [0, 0.05) is 6.42 Å². The fourth-order valence-electron chi connectivity index (χ4n) is 2.45. The first-order valence-corrected chi connectivity index (χ1v) is 8.35. The van der Waals surface area contributed by atoms with Crippen molar-refractivity contribution in [3.05, 3.63) is 83.4 Å². The zero-order valence-corrected chi connectivity index (χ0v) is 14.5. The Bertz CT molecular complexity index is 913. The van der Waals surface area contributed by atoms with Crippen LogP contribution in [0.3, 0.4) is 0 Å². The third kappa shape index (κ3) is 4.87. The molecule has 6 heteroatoms. The van der Waals surface area contributed by atoms with E-state index in [-0.39, 0.29) is 0 Å². The molecule has 6 nitrogen and oxygen atoms in total. The van der Waals surface area contributed by atoms with Gasteiger partial charge in [0.2, 0.25) is 0 Å². The number of aliphatic hydroxyl groups is 1. The predicted molar refractivity (Wildman–Crippen MR) is 103 cm³/mol. The smallest absolute Gasteiger partial charge is 0.174 e. The van der Waals surface area contributed by atoms with Crippen LogP contribution in [-0.4, -0.2) is 26.1 Å². The van der Waals surface area contributed by atoms with E-state index in [1.54, 1.807) is 25.1 Å². The first-order chi connectivity index (χ1) is 12.6. The van der Waals surface area contributed by atoms with Gasteiger partial charge in [0.25, 0.3) is 0 Å². The second-order valence-electron chi connectivity index (χ2n) is 5.94. The van der Waals surface area contributed by atoms with E-state index in [9.17, 15) is 5.11 Å². The van der Waals surface area contributed by atoms with Crippen molar-refractivity contribution in [1.82, 2.24) is 15.2 Å². The van der Waals surface area contributed by atoms with Crippen molar-refractivity contribution >= 4 is 17.6 Å². The van der Waals surface area contributed by atoms with E-state index in [1.807, 2.05) is 48.5 Å². The number of nitrogens with zero attached hydrogens (tertiary/aromatic N) is 3. The van der Waals surface area contributed by atoms with E-state index < -0.39 is 6.10 Å². The van der Waals surface area contributed by atoms with Crippen LogP contribution in [0.25, 0.3) is 6.08 Å². The molecule has 26 heavy (non-hydrogen) atoms. The minimum Gasteiger partial charge on any atom is -0.389 e. The van der Waals surface area contributed by atoms with Gasteiger partial charge in [-0.15, -0.1) is 0 Å². The number of rotatable bonds is 6. The molecule has 0 fully saturated rings. The quantitative estimate of drug-likeness (QED) is 0.471. The van der Waals surface area contributed by atoms with E-state index in [1.165, 1.54) is 5.56 Å². The van der Waals surface area contributed by atoms with Crippen LogP contribution in [0.15, 0.2) is 65.7 Å². The summed E-state index contributed by atoms with van der Waals surface area (Å²) in [7, 11) is 0. The van der Waals surface area contributed by atoms with E-state index >= 15 is 0 Å². The molecule has 0 spiro atoms. The molecule has 0 amide bonds. The topological polar surface area (TPSA) is 100 Å². The van der Waals surface area contributed by atoms with Crippen molar-refractivity contribution in [2.75, 3.05) is 0 Å². The van der Waals surface area contributed by atoms with Gasteiger partial charge in [0.15, 0.2) is 5.82 Å². The first kappa shape index (κ1) is 17.6. The molecule has 1 heterocycles. The summed E-state index contributed by atoms with van der Waals surface area (Å²) in [5.74, 6) is 1.67. The van der Waals surface area contributed by atoms with Crippen LogP contribution < -0.4 is 5.73 Å². The first-order valence-electron chi connectivity index (χ1n) is 8.35. The number of hydrogen-bond donors (Lipinski definition) is 3. The Hall–Kier alpha value is -3.25. The largest absolute Gasteiger partial charge is 0.389 e. The van der Waals surface area contributed by atoms with Crippen LogP contribution in [0.5, 0.6) is 0 Å². The minimum atomic E-state index is -0.543. The zero-order valence-electron chi connectivity index (χ0n) is 14.5. The Morgan fingerprint density at radius 3 is 2.81 bits per heavy atom. The molecule has 1 unspecified atom stereocenters. The number of aliphatic imine (C=N–C) groups is 1. The van der Waals surface area contributed by atoms with Crippen molar-refractivity contribution in [3.8, 4) is 0 Å². The molecule has 132 valence electrons. The van der Waals surface area contributed by atoms with E-state index in [4.69, 9.17) is 5.73 Å². The van der Waals surface area contributed by atoms with Gasteiger partial charge in [0.1, 0.15) is 11.7 Å². The number of hydrogen-bond acceptors (Lipinski definition) is 4. The van der Waals surface area contributed by atoms with E-state index in [2.05, 4.69) is 20.2 Å². The molecule has 3 rings (SSSR count). The summed E-state index contributed by atoms with van der Waals surface area (Å²) in [4.78, 5) is 8.75. The summed E-state index contributed by atoms with van der Waals surface area (Å²) < 4.78 is 0. The van der Waals surface area contributed by atoms with Crippen molar-refractivity contribution in [3.63, 3.8) is 0 Å². The number of aromatic nitrogens is 3. The van der Waals surface area contributed by atoms with Crippen molar-refractivity contribution in [2.24, 2.45) is 10.7 Å². The molecule has 0 saturated carbocycles. The molecule has 4 N–H and O–H groups in total. The van der Waals surface area contributed by atoms with Gasteiger partial charge in [-0.25, -0.2) is 9.98 Å². The molecule has 0 aliphatic rings. The Morgan fingerprint density at radius 1 is 1.23 bits per heavy atom. The number of aliphatic hydroxyl groups excluding tert-OH is 1. The molecular formula is C20H21N5O. The molecule has 3 aromatic rings. The SMILES string of the molecule is CC(O)c1cccc(N=C(N)/C=C\c2n[nH]c(Cc3ccccc3)n2)c1. The predicted octanol–water partition coefficient (Wildman–Crippen LogP) is 3.15. The van der Waals surface area contributed by atoms with Crippen LogP contribution in [0.4, 0.5) is 5.69 Å². The van der Waals surface area contributed by atoms with Crippen LogP contribution in [0.1, 0.15) is 35.8 Å². The zero-order chi connectivity index (χ0) is 18.4. The molecule has 0 radical (unpaired) electrons. The lowest BCUT2D eigenvalue weighted by Gasteiger charge is -2.04. The summed E-state index contributed by atoms with van der Waals surface area (Å²) in [6.07, 6.45) is 3.52. The van der Waals surface area contributed by atoms with Crippen LogP contribution in [0.2, 0.25) is 0 Å². The summed E-state index contributed by atoms with van der Waals surface area (Å²) in [6.45, 7) is 1.71. The van der Waals surface area contributed by atoms with Gasteiger partial charge in [-0.1, -0.05) is 42.5 Å². The highest BCUT2D eigenvalue weighted by Gasteiger charge is 2.03. The highest BCUT2D eigenvalue weighted by molar-refractivity contribution is 5.96. The van der Waals surface area contributed by atoms with Gasteiger partial charge in [0.05, 0.1) is 11.8 Å². The number of H-pyrrole nitrogens is 1. The van der Waals surface area contributed by atoms with Gasteiger partial charge in [-0.05, 0) is 42.3 Å². The normalized spacial score (nSPS) is 13.2. The maximum atomic E-state index is 9.63. The average molecular weight is 347 g/mol. The highest BCUT2D eigenvalue weighted by atomic mass is 16.3. The molecule has 0 saturated heterocycles. The lowest BCUT2D eigenvalue weighted by atomic mass is 10.1. The monoisotopic (exact) mass is 347 g/mol. The Morgan fingerprint density at radius 2 is 2.04 bits per heavy atom. The maximum Gasteiger partial charge on any atom is 0.174 e. The maximum absolute atomic E-state index is 9.63. The Kier molecular flexibility index (Phi) is 5.56. The summed E-state index contributed by atoms with van der Waals surface area (Å²) >= 11 is 0. The minimum absolute atomic E-state index is 0.335. The van der Waals surface area contributed by atoms with E-state index in [0.29, 0.717) is 23.8 Å². The molecule has 0 bridgehead atoms. The second-order valence-corrected chi connectivity index (χ2v) is 5.94. The van der Waals surface area contributed by atoms with Crippen LogP contribution in [-0.2, 0) is 6.42 Å². The van der Waals surface area contributed by atoms with Crippen molar-refractivity contribution < 1.29 is 5.11 Å². The lowest BCUT2D eigenvalue weighted by Crippen LogP contribution is -2.06. The van der Waals surface area contributed by atoms with Gasteiger partial charge >= 0.3 is 0 Å². The Balaban J connectivity index is 1.67. The summed E-state index contributed by atoms with van der Waals surface area (Å²) in [6, 6.07) is 17.4. The van der Waals surface area contributed by atoms with Crippen molar-refractivity contribution in [1.29, 1.82) is 0 Å². The van der Waals surface area contributed by atoms with Gasteiger partial charge in [-0.3, -0.25) is 5.10 Å². The van der Waals surface area contributed by atoms with Crippen molar-refractivity contribution in [2.45, 2.75) is 19.4 Å². The van der Waals surface area contributed by atoms with Crippen LogP contribution >= 0.6 is 0 Å². The van der Waals surface area contributed by atoms with Gasteiger partial charge in [-0.2, -0.15) is 5.10 Å². The molecule has 1 atom stereocenters. The number of amidine groups is 1. The standard InChI is InChI=1S/C20H21N5O/c1-14(26)16-8-5-9-17(13-16)22-18(21)10-11-19-23-20(25-24-19)12-15-6-3-2-4-7-15/h2-11,13-14,26H,12H2,1H3,(H2,21,22)(H,23,24,25)/b11-10-. The Labute approximate surface area is 152 Å². The fourth-order valence-corrected chi connectivity index (χ4v) is 2.45. The molecular weight excluding hydrogens is 326 g/mol. The average Bonchev–Trinajstić information content (AvgIpc) is 3.08. The summed E-state index contributed by atoms with van der Waals surface area (Å²) in [5, 5.41) is 16.7. The highest BCUT2D eigenvalue weighted by Crippen LogP contribution is 2.19. The molecule has 2 aromatic carbocycles. The lowest BCUT2D eigenvalue weighted by molar-refractivity contribution is 0.199. The number of nitrogens with one attached hydrogen (secondary N) is 1. The second kappa shape index (κ2) is 8.22. The summed E-state index contributed by atoms with van der Waals surface area (Å²) in [5.41, 5.74) is 8.59. The number of aromatic amines is 1. The van der Waals surface area contributed by atoms with Crippen LogP contribution in [0, 0.1) is 0 Å². The number of benzene rings is 2. The molecule has 1 aromatic heterocycles. The third-order valence-corrected chi connectivity index (χ3v) is 3.78.